The van der Waals surface area contributed by atoms with Gasteiger partial charge < -0.3 is 10.1 Å². The maximum atomic E-state index is 6.84. The van der Waals surface area contributed by atoms with Gasteiger partial charge in [-0.05, 0) is 29.7 Å². The monoisotopic (exact) mass is 359 g/mol. The maximum Gasteiger partial charge on any atom is 0.143 e. The zero-order valence-corrected chi connectivity index (χ0v) is 16.4. The van der Waals surface area contributed by atoms with Crippen LogP contribution in [0.25, 0.3) is 0 Å². The van der Waals surface area contributed by atoms with Crippen molar-refractivity contribution in [1.82, 2.24) is 5.32 Å². The fourth-order valence-corrected chi connectivity index (χ4v) is 3.59. The van der Waals surface area contributed by atoms with Gasteiger partial charge in [0.05, 0.1) is 6.61 Å². The summed E-state index contributed by atoms with van der Waals surface area (Å²) in [4.78, 5) is 0. The van der Waals surface area contributed by atoms with Gasteiger partial charge in [-0.1, -0.05) is 105 Å². The van der Waals surface area contributed by atoms with Crippen molar-refractivity contribution in [3.05, 3.63) is 108 Å². The van der Waals surface area contributed by atoms with E-state index in [0.717, 1.165) is 16.7 Å². The van der Waals surface area contributed by atoms with Gasteiger partial charge in [0.15, 0.2) is 0 Å². The molecule has 2 heteroatoms. The van der Waals surface area contributed by atoms with Crippen molar-refractivity contribution in [2.75, 3.05) is 13.7 Å². The van der Waals surface area contributed by atoms with Gasteiger partial charge in [-0.3, -0.25) is 0 Å². The average Bonchev–Trinajstić information content (AvgIpc) is 2.73. The van der Waals surface area contributed by atoms with Crippen LogP contribution >= 0.6 is 0 Å². The molecule has 0 amide bonds. The van der Waals surface area contributed by atoms with Crippen molar-refractivity contribution >= 4 is 0 Å². The predicted octanol–water partition coefficient (Wildman–Crippen LogP) is 5.24. The number of ether oxygens (including phenoxy) is 1. The van der Waals surface area contributed by atoms with E-state index in [1.807, 2.05) is 7.05 Å². The number of benzene rings is 3. The van der Waals surface area contributed by atoms with Crippen LogP contribution in [0.5, 0.6) is 0 Å². The third-order valence-corrected chi connectivity index (χ3v) is 5.20. The standard InChI is InChI=1S/C25H29NO/c1-20(2)24(26-3)19-27-25(21-13-7-4-8-14-21,22-15-9-5-10-16-22)23-17-11-6-12-18-23/h4-18,20,24,26H,19H2,1-3H3. The fourth-order valence-electron chi connectivity index (χ4n) is 3.59. The van der Waals surface area contributed by atoms with Gasteiger partial charge in [0, 0.05) is 6.04 Å². The van der Waals surface area contributed by atoms with Gasteiger partial charge in [0.25, 0.3) is 0 Å². The van der Waals surface area contributed by atoms with Crippen LogP contribution in [0.1, 0.15) is 30.5 Å². The predicted molar refractivity (Wildman–Crippen MR) is 113 cm³/mol. The second-order valence-electron chi connectivity index (χ2n) is 7.23. The van der Waals surface area contributed by atoms with E-state index in [0.29, 0.717) is 12.5 Å². The first-order valence-corrected chi connectivity index (χ1v) is 9.66. The minimum absolute atomic E-state index is 0.278. The SMILES string of the molecule is CNC(COC(c1ccccc1)(c1ccccc1)c1ccccc1)C(C)C. The van der Waals surface area contributed by atoms with Crippen molar-refractivity contribution in [3.63, 3.8) is 0 Å². The van der Waals surface area contributed by atoms with Gasteiger partial charge in [0.2, 0.25) is 0 Å². The molecule has 0 aliphatic heterocycles. The van der Waals surface area contributed by atoms with Crippen LogP contribution in [0, 0.1) is 5.92 Å². The van der Waals surface area contributed by atoms with E-state index in [-0.39, 0.29) is 6.04 Å². The highest BCUT2D eigenvalue weighted by atomic mass is 16.5. The highest BCUT2D eigenvalue weighted by Gasteiger charge is 2.38. The van der Waals surface area contributed by atoms with Gasteiger partial charge in [-0.2, -0.15) is 0 Å². The summed E-state index contributed by atoms with van der Waals surface area (Å²) in [5.74, 6) is 0.482. The molecule has 0 aromatic heterocycles. The highest BCUT2D eigenvalue weighted by molar-refractivity contribution is 5.47. The largest absolute Gasteiger partial charge is 0.359 e. The lowest BCUT2D eigenvalue weighted by atomic mass is 9.80. The first-order valence-electron chi connectivity index (χ1n) is 9.66. The number of rotatable bonds is 8. The van der Waals surface area contributed by atoms with E-state index in [4.69, 9.17) is 4.74 Å². The summed E-state index contributed by atoms with van der Waals surface area (Å²) in [7, 11) is 2.00. The van der Waals surface area contributed by atoms with E-state index < -0.39 is 5.60 Å². The lowest BCUT2D eigenvalue weighted by Crippen LogP contribution is -2.41. The van der Waals surface area contributed by atoms with Crippen LogP contribution < -0.4 is 5.32 Å². The molecule has 0 radical (unpaired) electrons. The van der Waals surface area contributed by atoms with E-state index >= 15 is 0 Å². The van der Waals surface area contributed by atoms with Crippen LogP contribution in [0.15, 0.2) is 91.0 Å². The molecule has 1 unspecified atom stereocenters. The molecule has 3 aromatic rings. The van der Waals surface area contributed by atoms with Gasteiger partial charge in [-0.25, -0.2) is 0 Å². The molecule has 140 valence electrons. The van der Waals surface area contributed by atoms with Crippen molar-refractivity contribution in [3.8, 4) is 0 Å². The second-order valence-corrected chi connectivity index (χ2v) is 7.23. The molecule has 0 aliphatic carbocycles. The molecule has 0 aliphatic rings. The molecule has 0 saturated heterocycles. The van der Waals surface area contributed by atoms with Gasteiger partial charge in [0.1, 0.15) is 5.60 Å². The second kappa shape index (κ2) is 8.98. The summed E-state index contributed by atoms with van der Waals surface area (Å²) in [5.41, 5.74) is 2.77. The Morgan fingerprint density at radius 1 is 0.704 bits per heavy atom. The van der Waals surface area contributed by atoms with E-state index in [9.17, 15) is 0 Å². The Bertz CT molecular complexity index is 703. The topological polar surface area (TPSA) is 21.3 Å². The molecular formula is C25H29NO. The van der Waals surface area contributed by atoms with Crippen molar-refractivity contribution in [2.45, 2.75) is 25.5 Å². The molecular weight excluding hydrogens is 330 g/mol. The molecule has 0 heterocycles. The molecule has 1 atom stereocenters. The summed E-state index contributed by atoms with van der Waals surface area (Å²) < 4.78 is 6.84. The maximum absolute atomic E-state index is 6.84. The van der Waals surface area contributed by atoms with E-state index in [2.05, 4.69) is 110 Å². The number of hydrogen-bond acceptors (Lipinski definition) is 2. The number of likely N-dealkylation sites (N-methyl/N-ethyl adjacent to an activating group) is 1. The van der Waals surface area contributed by atoms with Crippen LogP contribution in [0.3, 0.4) is 0 Å². The average molecular weight is 360 g/mol. The number of nitrogens with one attached hydrogen (secondary N) is 1. The van der Waals surface area contributed by atoms with Crippen LogP contribution in [-0.2, 0) is 10.3 Å². The zero-order chi connectivity index (χ0) is 19.1. The first kappa shape index (κ1) is 19.3. The third kappa shape index (κ3) is 4.13. The summed E-state index contributed by atoms with van der Waals surface area (Å²) in [6, 6.07) is 31.9. The van der Waals surface area contributed by atoms with Crippen molar-refractivity contribution < 1.29 is 4.74 Å². The van der Waals surface area contributed by atoms with Gasteiger partial charge >= 0.3 is 0 Å². The summed E-state index contributed by atoms with van der Waals surface area (Å²) in [6.45, 7) is 5.06. The van der Waals surface area contributed by atoms with Crippen LogP contribution in [0.4, 0.5) is 0 Å². The normalized spacial score (nSPS) is 12.9. The Kier molecular flexibility index (Phi) is 6.44. The Labute approximate surface area is 163 Å². The molecule has 3 aromatic carbocycles. The molecule has 0 spiro atoms. The summed E-state index contributed by atoms with van der Waals surface area (Å²) >= 11 is 0. The van der Waals surface area contributed by atoms with E-state index in [1.54, 1.807) is 0 Å². The Morgan fingerprint density at radius 2 is 1.07 bits per heavy atom. The summed E-state index contributed by atoms with van der Waals surface area (Å²) in [6.07, 6.45) is 0. The smallest absolute Gasteiger partial charge is 0.143 e. The summed E-state index contributed by atoms with van der Waals surface area (Å²) in [5, 5.41) is 3.40. The van der Waals surface area contributed by atoms with Gasteiger partial charge in [-0.15, -0.1) is 0 Å². The molecule has 27 heavy (non-hydrogen) atoms. The van der Waals surface area contributed by atoms with Crippen molar-refractivity contribution in [1.29, 1.82) is 0 Å². The first-order chi connectivity index (χ1) is 13.2. The fraction of sp³-hybridized carbons (Fsp3) is 0.280. The van der Waals surface area contributed by atoms with E-state index in [1.165, 1.54) is 0 Å². The highest BCUT2D eigenvalue weighted by Crippen LogP contribution is 2.40. The molecule has 0 saturated carbocycles. The lowest BCUT2D eigenvalue weighted by molar-refractivity contribution is -0.00520. The Hall–Kier alpha value is -2.42. The van der Waals surface area contributed by atoms with Crippen molar-refractivity contribution in [2.24, 2.45) is 5.92 Å². The molecule has 1 N–H and O–H groups in total. The lowest BCUT2D eigenvalue weighted by Gasteiger charge is -2.37. The zero-order valence-electron chi connectivity index (χ0n) is 16.4. The third-order valence-electron chi connectivity index (χ3n) is 5.20. The number of hydrogen-bond donors (Lipinski definition) is 1. The van der Waals surface area contributed by atoms with Crippen LogP contribution in [-0.4, -0.2) is 19.7 Å². The van der Waals surface area contributed by atoms with Crippen LogP contribution in [0.2, 0.25) is 0 Å². The quantitative estimate of drug-likeness (QED) is 0.555. The molecule has 0 bridgehead atoms. The molecule has 2 nitrogen and oxygen atoms in total. The molecule has 0 fully saturated rings. The molecule has 3 rings (SSSR count). The Balaban J connectivity index is 2.17. The minimum atomic E-state index is -0.645. The Morgan fingerprint density at radius 3 is 1.37 bits per heavy atom. The minimum Gasteiger partial charge on any atom is -0.359 e.